The number of amides is 2. The molecule has 0 aliphatic carbocycles. The van der Waals surface area contributed by atoms with Crippen molar-refractivity contribution in [1.82, 2.24) is 9.80 Å². The predicted octanol–water partition coefficient (Wildman–Crippen LogP) is 1.55. The molecule has 2 amide bonds. The van der Waals surface area contributed by atoms with Gasteiger partial charge >= 0.3 is 12.1 Å². The molecule has 0 saturated carbocycles. The highest BCUT2D eigenvalue weighted by Crippen LogP contribution is 2.27. The molecule has 2 aliphatic rings. The fourth-order valence-corrected chi connectivity index (χ4v) is 3.20. The van der Waals surface area contributed by atoms with Crippen LogP contribution in [0.2, 0.25) is 0 Å². The van der Waals surface area contributed by atoms with Crippen molar-refractivity contribution in [3.63, 3.8) is 0 Å². The van der Waals surface area contributed by atoms with Gasteiger partial charge in [0.1, 0.15) is 11.6 Å². The van der Waals surface area contributed by atoms with Gasteiger partial charge in [0, 0.05) is 19.5 Å². The Kier molecular flexibility index (Phi) is 5.16. The lowest BCUT2D eigenvalue weighted by atomic mass is 10.0. The second-order valence-corrected chi connectivity index (χ2v) is 7.10. The van der Waals surface area contributed by atoms with Crippen LogP contribution < -0.4 is 0 Å². The molecule has 7 heteroatoms. The SMILES string of the molecule is COC(=O)C1CCC(=O)N1C1CCCN(C(=O)OC(C)(C)C)C1. The van der Waals surface area contributed by atoms with Gasteiger partial charge in [0.05, 0.1) is 13.2 Å². The monoisotopic (exact) mass is 326 g/mol. The third-order valence-corrected chi connectivity index (χ3v) is 4.17. The lowest BCUT2D eigenvalue weighted by Gasteiger charge is -2.39. The molecule has 2 rings (SSSR count). The second kappa shape index (κ2) is 6.76. The summed E-state index contributed by atoms with van der Waals surface area (Å²) in [6, 6.07) is -0.688. The average Bonchev–Trinajstić information content (AvgIpc) is 2.86. The minimum Gasteiger partial charge on any atom is -0.467 e. The number of ether oxygens (including phenoxy) is 2. The summed E-state index contributed by atoms with van der Waals surface area (Å²) < 4.78 is 10.2. The number of methoxy groups -OCH3 is 1. The molecule has 0 aromatic rings. The van der Waals surface area contributed by atoms with E-state index >= 15 is 0 Å². The molecule has 2 aliphatic heterocycles. The van der Waals surface area contributed by atoms with Crippen LogP contribution in [0.25, 0.3) is 0 Å². The molecule has 7 nitrogen and oxygen atoms in total. The van der Waals surface area contributed by atoms with Crippen LogP contribution in [0.5, 0.6) is 0 Å². The lowest BCUT2D eigenvalue weighted by Crippen LogP contribution is -2.54. The van der Waals surface area contributed by atoms with Crippen LogP contribution in [0.3, 0.4) is 0 Å². The maximum Gasteiger partial charge on any atom is 0.410 e. The number of hydrogen-bond acceptors (Lipinski definition) is 5. The Morgan fingerprint density at radius 1 is 1.22 bits per heavy atom. The first-order valence-corrected chi connectivity index (χ1v) is 8.10. The summed E-state index contributed by atoms with van der Waals surface area (Å²) in [5.74, 6) is -0.429. The molecular weight excluding hydrogens is 300 g/mol. The molecule has 2 saturated heterocycles. The van der Waals surface area contributed by atoms with Crippen molar-refractivity contribution < 1.29 is 23.9 Å². The van der Waals surface area contributed by atoms with Gasteiger partial charge in [-0.15, -0.1) is 0 Å². The zero-order valence-corrected chi connectivity index (χ0v) is 14.3. The van der Waals surface area contributed by atoms with Crippen molar-refractivity contribution in [2.75, 3.05) is 20.2 Å². The number of esters is 1. The fraction of sp³-hybridized carbons (Fsp3) is 0.812. The van der Waals surface area contributed by atoms with Crippen LogP contribution in [0.15, 0.2) is 0 Å². The standard InChI is InChI=1S/C16H26N2O5/c1-16(2,3)23-15(21)17-9-5-6-11(10-17)18-12(14(20)22-4)7-8-13(18)19/h11-12H,5-10H2,1-4H3. The van der Waals surface area contributed by atoms with E-state index in [1.54, 1.807) is 9.80 Å². The Bertz CT molecular complexity index is 485. The number of carbonyl (C=O) groups is 3. The summed E-state index contributed by atoms with van der Waals surface area (Å²) in [6.45, 7) is 6.47. The van der Waals surface area contributed by atoms with Crippen molar-refractivity contribution in [2.45, 2.75) is 64.1 Å². The Labute approximate surface area is 136 Å². The zero-order chi connectivity index (χ0) is 17.2. The van der Waals surface area contributed by atoms with Crippen LogP contribution in [0.1, 0.15) is 46.5 Å². The summed E-state index contributed by atoms with van der Waals surface area (Å²) in [4.78, 5) is 39.6. The fourth-order valence-electron chi connectivity index (χ4n) is 3.20. The highest BCUT2D eigenvalue weighted by molar-refractivity contribution is 5.88. The summed E-state index contributed by atoms with van der Waals surface area (Å²) in [7, 11) is 1.33. The molecule has 0 N–H and O–H groups in total. The zero-order valence-electron chi connectivity index (χ0n) is 14.3. The van der Waals surface area contributed by atoms with Gasteiger partial charge in [-0.05, 0) is 40.0 Å². The normalized spacial score (nSPS) is 25.5. The van der Waals surface area contributed by atoms with Gasteiger partial charge < -0.3 is 19.3 Å². The van der Waals surface area contributed by atoms with Crippen LogP contribution in [-0.2, 0) is 19.1 Å². The average molecular weight is 326 g/mol. The molecule has 2 fully saturated rings. The molecule has 0 spiro atoms. The molecule has 2 atom stereocenters. The van der Waals surface area contributed by atoms with Gasteiger partial charge in [-0.3, -0.25) is 4.79 Å². The number of likely N-dealkylation sites (tertiary alicyclic amines) is 2. The summed E-state index contributed by atoms with van der Waals surface area (Å²) in [5.41, 5.74) is -0.554. The molecule has 0 aromatic heterocycles. The quantitative estimate of drug-likeness (QED) is 0.720. The number of carbonyl (C=O) groups excluding carboxylic acids is 3. The van der Waals surface area contributed by atoms with Crippen molar-refractivity contribution in [1.29, 1.82) is 0 Å². The van der Waals surface area contributed by atoms with Crippen LogP contribution in [0.4, 0.5) is 4.79 Å². The molecule has 0 radical (unpaired) electrons. The van der Waals surface area contributed by atoms with Gasteiger partial charge in [0.25, 0.3) is 0 Å². The second-order valence-electron chi connectivity index (χ2n) is 7.10. The van der Waals surface area contributed by atoms with Crippen molar-refractivity contribution in [3.05, 3.63) is 0 Å². The highest BCUT2D eigenvalue weighted by Gasteiger charge is 2.43. The van der Waals surface area contributed by atoms with E-state index in [-0.39, 0.29) is 24.0 Å². The molecule has 0 bridgehead atoms. The minimum atomic E-state index is -0.554. The van der Waals surface area contributed by atoms with E-state index < -0.39 is 11.6 Å². The van der Waals surface area contributed by atoms with E-state index in [2.05, 4.69) is 0 Å². The van der Waals surface area contributed by atoms with Gasteiger partial charge in [0.2, 0.25) is 5.91 Å². The highest BCUT2D eigenvalue weighted by atomic mass is 16.6. The number of rotatable bonds is 2. The van der Waals surface area contributed by atoms with Crippen molar-refractivity contribution >= 4 is 18.0 Å². The molecule has 2 heterocycles. The van der Waals surface area contributed by atoms with Gasteiger partial charge in [0.15, 0.2) is 0 Å². The molecule has 130 valence electrons. The summed E-state index contributed by atoms with van der Waals surface area (Å²) in [6.07, 6.45) is 2.01. The topological polar surface area (TPSA) is 76.2 Å². The lowest BCUT2D eigenvalue weighted by molar-refractivity contribution is -0.151. The number of hydrogen-bond donors (Lipinski definition) is 0. The molecule has 0 aromatic carbocycles. The third-order valence-electron chi connectivity index (χ3n) is 4.17. The Balaban J connectivity index is 2.06. The van der Waals surface area contributed by atoms with Crippen LogP contribution in [-0.4, -0.2) is 65.7 Å². The maximum atomic E-state index is 12.2. The van der Waals surface area contributed by atoms with E-state index in [0.29, 0.717) is 25.9 Å². The first-order valence-electron chi connectivity index (χ1n) is 8.10. The molecule has 2 unspecified atom stereocenters. The van der Waals surface area contributed by atoms with Crippen molar-refractivity contribution in [2.24, 2.45) is 0 Å². The van der Waals surface area contributed by atoms with Gasteiger partial charge in [-0.25, -0.2) is 9.59 Å². The first-order chi connectivity index (χ1) is 10.7. The van der Waals surface area contributed by atoms with E-state index in [4.69, 9.17) is 9.47 Å². The number of nitrogens with zero attached hydrogens (tertiary/aromatic N) is 2. The summed E-state index contributed by atoms with van der Waals surface area (Å²) >= 11 is 0. The van der Waals surface area contributed by atoms with E-state index in [0.717, 1.165) is 12.8 Å². The maximum absolute atomic E-state index is 12.2. The Morgan fingerprint density at radius 3 is 2.52 bits per heavy atom. The predicted molar refractivity (Wildman–Crippen MR) is 82.7 cm³/mol. The molecule has 23 heavy (non-hydrogen) atoms. The molecular formula is C16H26N2O5. The number of piperidine rings is 1. The largest absolute Gasteiger partial charge is 0.467 e. The Hall–Kier alpha value is -1.79. The third kappa shape index (κ3) is 4.14. The van der Waals surface area contributed by atoms with Crippen molar-refractivity contribution in [3.8, 4) is 0 Å². The van der Waals surface area contributed by atoms with E-state index in [1.807, 2.05) is 20.8 Å². The summed E-state index contributed by atoms with van der Waals surface area (Å²) in [5, 5.41) is 0. The first kappa shape index (κ1) is 17.6. The van der Waals surface area contributed by atoms with E-state index in [1.165, 1.54) is 7.11 Å². The van der Waals surface area contributed by atoms with Gasteiger partial charge in [-0.1, -0.05) is 0 Å². The van der Waals surface area contributed by atoms with Gasteiger partial charge in [-0.2, -0.15) is 0 Å². The van der Waals surface area contributed by atoms with Crippen LogP contribution in [0, 0.1) is 0 Å². The minimum absolute atomic E-state index is 0.0450. The van der Waals surface area contributed by atoms with E-state index in [9.17, 15) is 14.4 Å². The smallest absolute Gasteiger partial charge is 0.410 e. The van der Waals surface area contributed by atoms with Crippen LogP contribution >= 0.6 is 0 Å². The Morgan fingerprint density at radius 2 is 1.91 bits per heavy atom.